The van der Waals surface area contributed by atoms with Gasteiger partial charge in [-0.3, -0.25) is 25.2 Å². The normalized spacial score (nSPS) is 11.7. The summed E-state index contributed by atoms with van der Waals surface area (Å²) in [5.41, 5.74) is 5.87. The van der Waals surface area contributed by atoms with Gasteiger partial charge in [0.2, 0.25) is 11.8 Å². The molecule has 0 fully saturated rings. The van der Waals surface area contributed by atoms with Gasteiger partial charge in [0, 0.05) is 11.8 Å². The molecule has 0 radical (unpaired) electrons. The van der Waals surface area contributed by atoms with Crippen molar-refractivity contribution in [2.75, 3.05) is 5.75 Å². The molecular formula is C16H23N3O3S. The zero-order valence-corrected chi connectivity index (χ0v) is 14.6. The lowest BCUT2D eigenvalue weighted by Crippen LogP contribution is -2.54. The SMILES string of the molecule is CC(=O)NC(C(=O)NNC(=O)CSc1ccc(C)cc1)C(C)C. The Kier molecular flexibility index (Phi) is 7.61. The maximum Gasteiger partial charge on any atom is 0.261 e. The Bertz CT molecular complexity index is 558. The molecule has 0 aliphatic heterocycles. The molecule has 1 aromatic carbocycles. The van der Waals surface area contributed by atoms with E-state index in [0.29, 0.717) is 0 Å². The fraction of sp³-hybridized carbons (Fsp3) is 0.438. The standard InChI is InChI=1S/C16H23N3O3S/c1-10(2)15(17-12(4)20)16(22)19-18-14(21)9-23-13-7-5-11(3)6-8-13/h5-8,10,15H,9H2,1-4H3,(H,17,20)(H,18,21)(H,19,22). The first kappa shape index (κ1) is 19.0. The molecule has 0 aliphatic rings. The van der Waals surface area contributed by atoms with Crippen LogP contribution >= 0.6 is 11.8 Å². The molecule has 1 rings (SSSR count). The molecule has 3 amide bonds. The van der Waals surface area contributed by atoms with E-state index in [-0.39, 0.29) is 23.5 Å². The van der Waals surface area contributed by atoms with E-state index in [2.05, 4.69) is 16.2 Å². The summed E-state index contributed by atoms with van der Waals surface area (Å²) in [6.07, 6.45) is 0. The number of carbonyl (C=O) groups is 3. The van der Waals surface area contributed by atoms with Crippen LogP contribution in [0.4, 0.5) is 0 Å². The van der Waals surface area contributed by atoms with Gasteiger partial charge < -0.3 is 5.32 Å². The Morgan fingerprint density at radius 3 is 2.22 bits per heavy atom. The molecule has 1 unspecified atom stereocenters. The van der Waals surface area contributed by atoms with Crippen LogP contribution in [0.2, 0.25) is 0 Å². The summed E-state index contributed by atoms with van der Waals surface area (Å²) in [7, 11) is 0. The highest BCUT2D eigenvalue weighted by atomic mass is 32.2. The molecule has 0 bridgehead atoms. The lowest BCUT2D eigenvalue weighted by atomic mass is 10.0. The Hall–Kier alpha value is -2.02. The average molecular weight is 337 g/mol. The van der Waals surface area contributed by atoms with Crippen molar-refractivity contribution in [2.45, 2.75) is 38.6 Å². The van der Waals surface area contributed by atoms with Gasteiger partial charge >= 0.3 is 0 Å². The van der Waals surface area contributed by atoms with Crippen LogP contribution < -0.4 is 16.2 Å². The minimum absolute atomic E-state index is 0.0854. The molecule has 23 heavy (non-hydrogen) atoms. The van der Waals surface area contributed by atoms with Gasteiger partial charge in [-0.05, 0) is 25.0 Å². The molecule has 6 nitrogen and oxygen atoms in total. The summed E-state index contributed by atoms with van der Waals surface area (Å²) < 4.78 is 0. The lowest BCUT2D eigenvalue weighted by molar-refractivity contribution is -0.132. The summed E-state index contributed by atoms with van der Waals surface area (Å²) in [5, 5.41) is 2.56. The van der Waals surface area contributed by atoms with Gasteiger partial charge in [-0.15, -0.1) is 11.8 Å². The number of benzene rings is 1. The highest BCUT2D eigenvalue weighted by Crippen LogP contribution is 2.17. The fourth-order valence-corrected chi connectivity index (χ4v) is 2.48. The number of amides is 3. The molecule has 3 N–H and O–H groups in total. The topological polar surface area (TPSA) is 87.3 Å². The monoisotopic (exact) mass is 337 g/mol. The largest absolute Gasteiger partial charge is 0.344 e. The molecule has 0 aromatic heterocycles. The molecule has 1 aromatic rings. The molecule has 126 valence electrons. The van der Waals surface area contributed by atoms with Crippen LogP contribution in [0.3, 0.4) is 0 Å². The van der Waals surface area contributed by atoms with Crippen molar-refractivity contribution in [3.05, 3.63) is 29.8 Å². The number of carbonyl (C=O) groups excluding carboxylic acids is 3. The van der Waals surface area contributed by atoms with Gasteiger partial charge in [0.25, 0.3) is 5.91 Å². The van der Waals surface area contributed by atoms with Crippen LogP contribution in [0, 0.1) is 12.8 Å². The molecule has 0 heterocycles. The van der Waals surface area contributed by atoms with Crippen molar-refractivity contribution in [1.29, 1.82) is 0 Å². The van der Waals surface area contributed by atoms with Gasteiger partial charge in [0.15, 0.2) is 0 Å². The van der Waals surface area contributed by atoms with Crippen LogP contribution in [0.5, 0.6) is 0 Å². The van der Waals surface area contributed by atoms with Gasteiger partial charge in [-0.1, -0.05) is 31.5 Å². The van der Waals surface area contributed by atoms with Crippen molar-refractivity contribution in [3.63, 3.8) is 0 Å². The van der Waals surface area contributed by atoms with E-state index in [1.807, 2.05) is 45.0 Å². The smallest absolute Gasteiger partial charge is 0.261 e. The van der Waals surface area contributed by atoms with Crippen LogP contribution in [-0.2, 0) is 14.4 Å². The second kappa shape index (κ2) is 9.19. The highest BCUT2D eigenvalue weighted by Gasteiger charge is 2.23. The summed E-state index contributed by atoms with van der Waals surface area (Å²) in [5.74, 6) is -0.938. The third-order valence-corrected chi connectivity index (χ3v) is 4.04. The van der Waals surface area contributed by atoms with Gasteiger partial charge in [-0.2, -0.15) is 0 Å². The number of nitrogens with one attached hydrogen (secondary N) is 3. The minimum atomic E-state index is -0.683. The minimum Gasteiger partial charge on any atom is -0.344 e. The molecule has 0 saturated heterocycles. The van der Waals surface area contributed by atoms with E-state index in [1.165, 1.54) is 18.7 Å². The Balaban J connectivity index is 2.40. The second-order valence-electron chi connectivity index (χ2n) is 5.56. The molecular weight excluding hydrogens is 314 g/mol. The maximum atomic E-state index is 12.0. The van der Waals surface area contributed by atoms with Crippen LogP contribution in [0.25, 0.3) is 0 Å². The molecule has 0 aliphatic carbocycles. The van der Waals surface area contributed by atoms with E-state index in [9.17, 15) is 14.4 Å². The maximum absolute atomic E-state index is 12.0. The number of aryl methyl sites for hydroxylation is 1. The van der Waals surface area contributed by atoms with E-state index in [1.54, 1.807) is 0 Å². The zero-order chi connectivity index (χ0) is 17.4. The predicted molar refractivity (Wildman–Crippen MR) is 90.6 cm³/mol. The first-order valence-corrected chi connectivity index (χ1v) is 8.33. The quantitative estimate of drug-likeness (QED) is 0.541. The van der Waals surface area contributed by atoms with Gasteiger partial charge in [0.1, 0.15) is 6.04 Å². The van der Waals surface area contributed by atoms with Crippen LogP contribution in [0.1, 0.15) is 26.3 Å². The van der Waals surface area contributed by atoms with E-state index in [4.69, 9.17) is 0 Å². The number of rotatable bonds is 6. The van der Waals surface area contributed by atoms with E-state index in [0.717, 1.165) is 10.5 Å². The number of hydrogen-bond acceptors (Lipinski definition) is 4. The third kappa shape index (κ3) is 7.19. The zero-order valence-electron chi connectivity index (χ0n) is 13.8. The molecule has 7 heteroatoms. The summed E-state index contributed by atoms with van der Waals surface area (Å²) in [6, 6.07) is 7.15. The van der Waals surface area contributed by atoms with Crippen molar-refractivity contribution < 1.29 is 14.4 Å². The van der Waals surface area contributed by atoms with Crippen molar-refractivity contribution in [1.82, 2.24) is 16.2 Å². The summed E-state index contributed by atoms with van der Waals surface area (Å²) >= 11 is 1.38. The molecule has 0 spiro atoms. The second-order valence-corrected chi connectivity index (χ2v) is 6.61. The Labute approximate surface area is 140 Å². The first-order valence-electron chi connectivity index (χ1n) is 7.35. The van der Waals surface area contributed by atoms with Gasteiger partial charge in [0.05, 0.1) is 5.75 Å². The number of thioether (sulfide) groups is 1. The molecule has 0 saturated carbocycles. The Morgan fingerprint density at radius 1 is 1.09 bits per heavy atom. The average Bonchev–Trinajstić information content (AvgIpc) is 2.49. The van der Waals surface area contributed by atoms with Crippen molar-refractivity contribution in [3.8, 4) is 0 Å². The van der Waals surface area contributed by atoms with Crippen molar-refractivity contribution >= 4 is 29.5 Å². The van der Waals surface area contributed by atoms with E-state index < -0.39 is 11.9 Å². The predicted octanol–water partition coefficient (Wildman–Crippen LogP) is 1.40. The van der Waals surface area contributed by atoms with Crippen LogP contribution in [0.15, 0.2) is 29.2 Å². The highest BCUT2D eigenvalue weighted by molar-refractivity contribution is 8.00. The van der Waals surface area contributed by atoms with Crippen molar-refractivity contribution in [2.24, 2.45) is 5.92 Å². The van der Waals surface area contributed by atoms with Crippen LogP contribution in [-0.4, -0.2) is 29.5 Å². The van der Waals surface area contributed by atoms with Gasteiger partial charge in [-0.25, -0.2) is 0 Å². The number of hydrazine groups is 1. The fourth-order valence-electron chi connectivity index (χ4n) is 1.78. The van der Waals surface area contributed by atoms with E-state index >= 15 is 0 Å². The number of hydrogen-bond donors (Lipinski definition) is 3. The lowest BCUT2D eigenvalue weighted by Gasteiger charge is -2.20. The summed E-state index contributed by atoms with van der Waals surface area (Å²) in [6.45, 7) is 6.97. The molecule has 1 atom stereocenters. The Morgan fingerprint density at radius 2 is 1.70 bits per heavy atom. The first-order chi connectivity index (χ1) is 10.8. The summed E-state index contributed by atoms with van der Waals surface area (Å²) in [4.78, 5) is 35.8. The third-order valence-electron chi connectivity index (χ3n) is 3.02.